The molecule has 0 saturated heterocycles. The molecule has 1 aromatic heterocycles. The van der Waals surface area contributed by atoms with Crippen LogP contribution in [0.1, 0.15) is 5.56 Å². The third-order valence-corrected chi connectivity index (χ3v) is 4.11. The molecule has 0 radical (unpaired) electrons. The monoisotopic (exact) mass is 355 g/mol. The van der Waals surface area contributed by atoms with Gasteiger partial charge >= 0.3 is 5.97 Å². The molecule has 1 heterocycles. The minimum atomic E-state index is -1.32. The van der Waals surface area contributed by atoms with E-state index in [-0.39, 0.29) is 10.9 Å². The number of hydrogen-bond acceptors (Lipinski definition) is 4. The molecular formula is C15H8ClF2NO3S. The van der Waals surface area contributed by atoms with Gasteiger partial charge in [-0.05, 0) is 18.2 Å². The van der Waals surface area contributed by atoms with Gasteiger partial charge in [-0.3, -0.25) is 4.79 Å². The molecule has 3 aromatic rings. The van der Waals surface area contributed by atoms with Gasteiger partial charge in [-0.1, -0.05) is 22.9 Å². The largest absolute Gasteiger partial charge is 0.481 e. The predicted molar refractivity (Wildman–Crippen MR) is 82.4 cm³/mol. The fourth-order valence-electron chi connectivity index (χ4n) is 1.98. The second-order valence-corrected chi connectivity index (χ2v) is 6.06. The second-order valence-electron chi connectivity index (χ2n) is 4.63. The minimum Gasteiger partial charge on any atom is -0.481 e. The lowest BCUT2D eigenvalue weighted by atomic mass is 10.1. The van der Waals surface area contributed by atoms with Crippen molar-refractivity contribution < 1.29 is 23.4 Å². The van der Waals surface area contributed by atoms with E-state index in [0.717, 1.165) is 16.8 Å². The highest BCUT2D eigenvalue weighted by Gasteiger charge is 2.16. The molecule has 2 aromatic carbocycles. The first kappa shape index (κ1) is 15.6. The van der Waals surface area contributed by atoms with Crippen molar-refractivity contribution in [3.05, 3.63) is 52.6 Å². The van der Waals surface area contributed by atoms with Crippen molar-refractivity contribution >= 4 is 39.1 Å². The predicted octanol–water partition coefficient (Wildman–Crippen LogP) is 4.65. The van der Waals surface area contributed by atoms with Crippen LogP contribution < -0.4 is 4.74 Å². The van der Waals surface area contributed by atoms with Crippen molar-refractivity contribution in [1.82, 2.24) is 4.98 Å². The lowest BCUT2D eigenvalue weighted by Crippen LogP contribution is -2.05. The molecule has 0 amide bonds. The molecule has 0 spiro atoms. The first-order valence-electron chi connectivity index (χ1n) is 6.36. The molecular weight excluding hydrogens is 348 g/mol. The number of fused-ring (bicyclic) bond motifs is 1. The number of carbonyl (C=O) groups is 1. The first-order chi connectivity index (χ1) is 10.9. The Hall–Kier alpha value is -2.25. The number of aromatic nitrogens is 1. The number of carboxylic acid groups (broad SMARTS) is 1. The quantitative estimate of drug-likeness (QED) is 0.740. The van der Waals surface area contributed by atoms with E-state index < -0.39 is 29.6 Å². The van der Waals surface area contributed by atoms with Gasteiger partial charge in [-0.25, -0.2) is 13.8 Å². The Morgan fingerprint density at radius 3 is 2.61 bits per heavy atom. The lowest BCUT2D eigenvalue weighted by molar-refractivity contribution is -0.136. The number of aliphatic carboxylic acids is 1. The van der Waals surface area contributed by atoms with Gasteiger partial charge in [0.2, 0.25) is 0 Å². The maximum Gasteiger partial charge on any atom is 0.308 e. The van der Waals surface area contributed by atoms with E-state index in [2.05, 4.69) is 4.98 Å². The van der Waals surface area contributed by atoms with Crippen LogP contribution in [0.3, 0.4) is 0 Å². The van der Waals surface area contributed by atoms with E-state index in [1.165, 1.54) is 11.3 Å². The van der Waals surface area contributed by atoms with Crippen LogP contribution in [0, 0.1) is 11.6 Å². The zero-order valence-electron chi connectivity index (χ0n) is 11.3. The third-order valence-electron chi connectivity index (χ3n) is 2.98. The van der Waals surface area contributed by atoms with Gasteiger partial charge in [0.1, 0.15) is 17.4 Å². The van der Waals surface area contributed by atoms with Crippen LogP contribution in [0.2, 0.25) is 5.02 Å². The fourth-order valence-corrected chi connectivity index (χ4v) is 3.09. The van der Waals surface area contributed by atoms with Gasteiger partial charge in [0.05, 0.1) is 16.6 Å². The zero-order chi connectivity index (χ0) is 16.6. The third kappa shape index (κ3) is 3.40. The highest BCUT2D eigenvalue weighted by Crippen LogP contribution is 2.33. The molecule has 0 aliphatic heterocycles. The van der Waals surface area contributed by atoms with Crippen molar-refractivity contribution in [2.24, 2.45) is 0 Å². The van der Waals surface area contributed by atoms with Gasteiger partial charge in [0.15, 0.2) is 0 Å². The molecule has 118 valence electrons. The van der Waals surface area contributed by atoms with E-state index in [4.69, 9.17) is 21.4 Å². The van der Waals surface area contributed by atoms with Gasteiger partial charge in [0, 0.05) is 22.7 Å². The van der Waals surface area contributed by atoms with E-state index in [1.807, 2.05) is 0 Å². The molecule has 0 bridgehead atoms. The zero-order valence-corrected chi connectivity index (χ0v) is 12.9. The van der Waals surface area contributed by atoms with Crippen LogP contribution in [-0.4, -0.2) is 16.1 Å². The number of thiazole rings is 1. The van der Waals surface area contributed by atoms with E-state index in [9.17, 15) is 13.6 Å². The Kier molecular flexibility index (Phi) is 4.14. The Balaban J connectivity index is 1.91. The highest BCUT2D eigenvalue weighted by atomic mass is 35.5. The van der Waals surface area contributed by atoms with Crippen LogP contribution in [0.5, 0.6) is 10.9 Å². The van der Waals surface area contributed by atoms with E-state index >= 15 is 0 Å². The van der Waals surface area contributed by atoms with Crippen molar-refractivity contribution in [2.45, 2.75) is 6.42 Å². The molecule has 0 unspecified atom stereocenters. The number of halogens is 3. The van der Waals surface area contributed by atoms with Crippen LogP contribution >= 0.6 is 22.9 Å². The van der Waals surface area contributed by atoms with Crippen LogP contribution in [-0.2, 0) is 11.2 Å². The Bertz CT molecular complexity index is 890. The molecule has 0 aliphatic rings. The molecule has 23 heavy (non-hydrogen) atoms. The molecule has 1 N–H and O–H groups in total. The number of rotatable bonds is 4. The van der Waals surface area contributed by atoms with Crippen molar-refractivity contribution in [3.8, 4) is 10.9 Å². The van der Waals surface area contributed by atoms with Crippen molar-refractivity contribution in [2.75, 3.05) is 0 Å². The SMILES string of the molecule is O=C(O)Cc1c(F)cc(Oc2nc3ccc(Cl)cc3s2)cc1F. The second kappa shape index (κ2) is 6.10. The summed E-state index contributed by atoms with van der Waals surface area (Å²) in [6.45, 7) is 0. The summed E-state index contributed by atoms with van der Waals surface area (Å²) in [5, 5.41) is 9.38. The molecule has 0 saturated carbocycles. The minimum absolute atomic E-state index is 0.0979. The number of nitrogens with zero attached hydrogens (tertiary/aromatic N) is 1. The summed E-state index contributed by atoms with van der Waals surface area (Å²) in [5.41, 5.74) is 0.138. The first-order valence-corrected chi connectivity index (χ1v) is 7.55. The topological polar surface area (TPSA) is 59.4 Å². The summed E-state index contributed by atoms with van der Waals surface area (Å²) in [6.07, 6.45) is -0.739. The molecule has 0 atom stereocenters. The van der Waals surface area contributed by atoms with Gasteiger partial charge in [-0.15, -0.1) is 0 Å². The maximum atomic E-state index is 13.8. The van der Waals surface area contributed by atoms with Crippen LogP contribution in [0.25, 0.3) is 10.2 Å². The smallest absolute Gasteiger partial charge is 0.308 e. The average Bonchev–Trinajstić information content (AvgIpc) is 2.84. The summed E-state index contributed by atoms with van der Waals surface area (Å²) in [7, 11) is 0. The Morgan fingerprint density at radius 1 is 1.26 bits per heavy atom. The molecule has 0 aliphatic carbocycles. The summed E-state index contributed by atoms with van der Waals surface area (Å²) < 4.78 is 33.8. The lowest BCUT2D eigenvalue weighted by Gasteiger charge is -2.06. The summed E-state index contributed by atoms with van der Waals surface area (Å²) >= 11 is 7.06. The van der Waals surface area contributed by atoms with Crippen LogP contribution in [0.15, 0.2) is 30.3 Å². The van der Waals surface area contributed by atoms with Crippen molar-refractivity contribution in [1.29, 1.82) is 0 Å². The normalized spacial score (nSPS) is 10.9. The Morgan fingerprint density at radius 2 is 1.96 bits per heavy atom. The number of benzene rings is 2. The van der Waals surface area contributed by atoms with E-state index in [0.29, 0.717) is 10.5 Å². The molecule has 8 heteroatoms. The standard InChI is InChI=1S/C15H8ClF2NO3S/c16-7-1-2-12-13(3-7)23-15(19-12)22-8-4-10(17)9(6-14(20)21)11(18)5-8/h1-5H,6H2,(H,20,21). The highest BCUT2D eigenvalue weighted by molar-refractivity contribution is 7.20. The van der Waals surface area contributed by atoms with Crippen LogP contribution in [0.4, 0.5) is 8.78 Å². The molecule has 4 nitrogen and oxygen atoms in total. The number of ether oxygens (including phenoxy) is 1. The van der Waals surface area contributed by atoms with Gasteiger partial charge in [-0.2, -0.15) is 0 Å². The molecule has 0 fully saturated rings. The van der Waals surface area contributed by atoms with E-state index in [1.54, 1.807) is 18.2 Å². The number of hydrogen-bond donors (Lipinski definition) is 1. The maximum absolute atomic E-state index is 13.8. The summed E-state index contributed by atoms with van der Waals surface area (Å²) in [5.74, 6) is -3.38. The fraction of sp³-hybridized carbons (Fsp3) is 0.0667. The average molecular weight is 356 g/mol. The molecule has 3 rings (SSSR count). The summed E-state index contributed by atoms with van der Waals surface area (Å²) in [4.78, 5) is 14.8. The Labute approximate surface area is 137 Å². The van der Waals surface area contributed by atoms with Gasteiger partial charge in [0.25, 0.3) is 5.19 Å². The van der Waals surface area contributed by atoms with Gasteiger partial charge < -0.3 is 9.84 Å². The number of carboxylic acids is 1. The summed E-state index contributed by atoms with van der Waals surface area (Å²) in [6, 6.07) is 6.95. The van der Waals surface area contributed by atoms with Crippen molar-refractivity contribution in [3.63, 3.8) is 0 Å².